The molecule has 0 N–H and O–H groups in total. The number of rotatable bonds is 5. The first-order valence-electron chi connectivity index (χ1n) is 9.55. The van der Waals surface area contributed by atoms with E-state index in [2.05, 4.69) is 40.9 Å². The number of carbonyl (C=O) groups excluding carboxylic acids is 1. The molecule has 4 nitrogen and oxygen atoms in total. The summed E-state index contributed by atoms with van der Waals surface area (Å²) in [6.45, 7) is 2.08. The van der Waals surface area contributed by atoms with Crippen LogP contribution in [0.15, 0.2) is 90.2 Å². The van der Waals surface area contributed by atoms with Crippen molar-refractivity contribution in [2.24, 2.45) is 12.2 Å². The van der Waals surface area contributed by atoms with Gasteiger partial charge in [-0.25, -0.2) is 4.79 Å². The van der Waals surface area contributed by atoms with Crippen molar-refractivity contribution in [3.05, 3.63) is 107 Å². The van der Waals surface area contributed by atoms with Crippen LogP contribution in [0.4, 0.5) is 0 Å². The molecule has 0 saturated carbocycles. The maximum Gasteiger partial charge on any atom is 0.365 e. The molecule has 0 saturated heterocycles. The third-order valence-electron chi connectivity index (χ3n) is 5.08. The van der Waals surface area contributed by atoms with Crippen LogP contribution in [0.5, 0.6) is 0 Å². The molecule has 0 bridgehead atoms. The van der Waals surface area contributed by atoms with Crippen LogP contribution in [0.25, 0.3) is 10.9 Å². The van der Waals surface area contributed by atoms with Crippen LogP contribution in [-0.4, -0.2) is 16.2 Å². The van der Waals surface area contributed by atoms with Crippen LogP contribution in [0, 0.1) is 6.92 Å². The van der Waals surface area contributed by atoms with Gasteiger partial charge in [-0.15, -0.1) is 0 Å². The van der Waals surface area contributed by atoms with Crippen LogP contribution < -0.4 is 0 Å². The lowest BCUT2D eigenvalue weighted by molar-refractivity contribution is 0.0516. The van der Waals surface area contributed by atoms with Crippen molar-refractivity contribution in [1.82, 2.24) is 4.57 Å². The Morgan fingerprint density at radius 3 is 2.41 bits per heavy atom. The number of carbonyl (C=O) groups is 1. The molecule has 1 aromatic heterocycles. The molecule has 29 heavy (non-hydrogen) atoms. The molecule has 0 unspecified atom stereocenters. The second kappa shape index (κ2) is 8.15. The zero-order valence-electron chi connectivity index (χ0n) is 16.5. The summed E-state index contributed by atoms with van der Waals surface area (Å²) in [5, 5.41) is 5.41. The van der Waals surface area contributed by atoms with Gasteiger partial charge in [0.1, 0.15) is 0 Å². The standard InChI is InChI=1S/C25H22N2O2/c1-18-10-6-7-13-20(18)16-23(26-29-25(28)19-11-4-3-5-12-19)22-17-27(2)24-15-9-8-14-21(22)24/h3-15,17H,16H2,1-2H3/b26-23+. The first-order valence-corrected chi connectivity index (χ1v) is 9.55. The Balaban J connectivity index is 1.74. The summed E-state index contributed by atoms with van der Waals surface area (Å²) < 4.78 is 2.07. The van der Waals surface area contributed by atoms with E-state index in [1.165, 1.54) is 5.56 Å². The summed E-state index contributed by atoms with van der Waals surface area (Å²) in [4.78, 5) is 17.8. The largest absolute Gasteiger partial charge is 0.365 e. The third kappa shape index (κ3) is 3.97. The fourth-order valence-electron chi connectivity index (χ4n) is 3.46. The van der Waals surface area contributed by atoms with Crippen LogP contribution in [-0.2, 0) is 18.3 Å². The van der Waals surface area contributed by atoms with Gasteiger partial charge in [-0.05, 0) is 36.2 Å². The van der Waals surface area contributed by atoms with Gasteiger partial charge in [-0.1, -0.05) is 65.8 Å². The molecular weight excluding hydrogens is 360 g/mol. The molecule has 0 radical (unpaired) electrons. The van der Waals surface area contributed by atoms with Crippen molar-refractivity contribution in [2.75, 3.05) is 0 Å². The summed E-state index contributed by atoms with van der Waals surface area (Å²) in [6.07, 6.45) is 2.61. The van der Waals surface area contributed by atoms with Crippen molar-refractivity contribution in [1.29, 1.82) is 0 Å². The van der Waals surface area contributed by atoms with E-state index in [-0.39, 0.29) is 0 Å². The quantitative estimate of drug-likeness (QED) is 0.267. The Bertz CT molecular complexity index is 1190. The van der Waals surface area contributed by atoms with E-state index in [9.17, 15) is 4.79 Å². The fourth-order valence-corrected chi connectivity index (χ4v) is 3.46. The monoisotopic (exact) mass is 382 g/mol. The number of aromatic nitrogens is 1. The molecule has 1 heterocycles. The Morgan fingerprint density at radius 2 is 1.62 bits per heavy atom. The lowest BCUT2D eigenvalue weighted by Gasteiger charge is -2.08. The van der Waals surface area contributed by atoms with Gasteiger partial charge in [0, 0.05) is 36.1 Å². The molecule has 0 fully saturated rings. The summed E-state index contributed by atoms with van der Waals surface area (Å²) in [5.74, 6) is -0.465. The van der Waals surface area contributed by atoms with Gasteiger partial charge in [0.15, 0.2) is 0 Å². The number of aryl methyl sites for hydroxylation is 2. The molecule has 144 valence electrons. The minimum Gasteiger partial charge on any atom is -0.350 e. The first kappa shape index (κ1) is 18.7. The van der Waals surface area contributed by atoms with E-state index in [4.69, 9.17) is 4.84 Å². The average Bonchev–Trinajstić information content (AvgIpc) is 3.09. The number of hydrogen-bond acceptors (Lipinski definition) is 3. The second-order valence-electron chi connectivity index (χ2n) is 7.06. The zero-order chi connectivity index (χ0) is 20.2. The molecule has 0 atom stereocenters. The molecule has 0 spiro atoms. The van der Waals surface area contributed by atoms with E-state index in [0.29, 0.717) is 12.0 Å². The van der Waals surface area contributed by atoms with Crippen LogP contribution in [0.3, 0.4) is 0 Å². The van der Waals surface area contributed by atoms with Crippen molar-refractivity contribution in [3.8, 4) is 0 Å². The lowest BCUT2D eigenvalue weighted by Crippen LogP contribution is -2.10. The Labute approximate surface area is 170 Å². The molecule has 4 aromatic rings. The predicted molar refractivity (Wildman–Crippen MR) is 116 cm³/mol. The molecule has 0 aliphatic heterocycles. The highest BCUT2D eigenvalue weighted by molar-refractivity contribution is 6.11. The van der Waals surface area contributed by atoms with Gasteiger partial charge in [-0.2, -0.15) is 0 Å². The topological polar surface area (TPSA) is 43.6 Å². The average molecular weight is 382 g/mol. The van der Waals surface area contributed by atoms with Crippen LogP contribution >= 0.6 is 0 Å². The minimum absolute atomic E-state index is 0.465. The van der Waals surface area contributed by atoms with Crippen molar-refractivity contribution in [3.63, 3.8) is 0 Å². The smallest absolute Gasteiger partial charge is 0.350 e. The Kier molecular flexibility index (Phi) is 5.25. The minimum atomic E-state index is -0.465. The van der Waals surface area contributed by atoms with E-state index in [1.807, 2.05) is 43.6 Å². The Morgan fingerprint density at radius 1 is 0.931 bits per heavy atom. The number of benzene rings is 3. The summed E-state index contributed by atoms with van der Waals surface area (Å²) in [6, 6.07) is 25.2. The SMILES string of the molecule is Cc1ccccc1C/C(=N\OC(=O)c1ccccc1)c1cn(C)c2ccccc12. The molecule has 4 heteroatoms. The molecule has 0 amide bonds. The van der Waals surface area contributed by atoms with E-state index < -0.39 is 5.97 Å². The third-order valence-corrected chi connectivity index (χ3v) is 5.08. The van der Waals surface area contributed by atoms with Crippen molar-refractivity contribution >= 4 is 22.6 Å². The lowest BCUT2D eigenvalue weighted by atomic mass is 9.98. The normalized spacial score (nSPS) is 11.6. The second-order valence-corrected chi connectivity index (χ2v) is 7.06. The highest BCUT2D eigenvalue weighted by Gasteiger charge is 2.16. The highest BCUT2D eigenvalue weighted by atomic mass is 16.7. The van der Waals surface area contributed by atoms with Crippen LogP contribution in [0.2, 0.25) is 0 Å². The number of nitrogens with zero attached hydrogens (tertiary/aromatic N) is 2. The molecule has 3 aromatic carbocycles. The number of hydrogen-bond donors (Lipinski definition) is 0. The van der Waals surface area contributed by atoms with E-state index in [1.54, 1.807) is 24.3 Å². The Hall–Kier alpha value is -3.66. The van der Waals surface area contributed by atoms with Gasteiger partial charge in [-0.3, -0.25) is 0 Å². The zero-order valence-corrected chi connectivity index (χ0v) is 16.5. The number of para-hydroxylation sites is 1. The van der Waals surface area contributed by atoms with Gasteiger partial charge < -0.3 is 9.40 Å². The maximum absolute atomic E-state index is 12.4. The summed E-state index contributed by atoms with van der Waals surface area (Å²) >= 11 is 0. The fraction of sp³-hybridized carbons (Fsp3) is 0.120. The van der Waals surface area contributed by atoms with Crippen LogP contribution in [0.1, 0.15) is 27.0 Å². The van der Waals surface area contributed by atoms with Gasteiger partial charge in [0.05, 0.1) is 11.3 Å². The van der Waals surface area contributed by atoms with Gasteiger partial charge in [0.2, 0.25) is 0 Å². The summed E-state index contributed by atoms with van der Waals surface area (Å²) in [5.41, 5.74) is 5.59. The van der Waals surface area contributed by atoms with E-state index >= 15 is 0 Å². The molecule has 4 rings (SSSR count). The van der Waals surface area contributed by atoms with Crippen molar-refractivity contribution < 1.29 is 9.63 Å². The maximum atomic E-state index is 12.4. The summed E-state index contributed by atoms with van der Waals surface area (Å²) in [7, 11) is 2.01. The molecule has 0 aliphatic carbocycles. The molecule has 0 aliphatic rings. The highest BCUT2D eigenvalue weighted by Crippen LogP contribution is 2.23. The van der Waals surface area contributed by atoms with Gasteiger partial charge >= 0.3 is 5.97 Å². The predicted octanol–water partition coefficient (Wildman–Crippen LogP) is 5.29. The first-order chi connectivity index (χ1) is 14.1. The number of fused-ring (bicyclic) bond motifs is 1. The van der Waals surface area contributed by atoms with E-state index in [0.717, 1.165) is 27.7 Å². The van der Waals surface area contributed by atoms with Gasteiger partial charge in [0.25, 0.3) is 0 Å². The van der Waals surface area contributed by atoms with Crippen molar-refractivity contribution in [2.45, 2.75) is 13.3 Å². The number of oxime groups is 1. The molecular formula is C25H22N2O2.